The Bertz CT molecular complexity index is 301. The summed E-state index contributed by atoms with van der Waals surface area (Å²) in [6.45, 7) is 7.63. The fourth-order valence-corrected chi connectivity index (χ4v) is 0.801. The summed E-state index contributed by atoms with van der Waals surface area (Å²) in [6, 6.07) is 0. The quantitative estimate of drug-likeness (QED) is 0.367. The van der Waals surface area contributed by atoms with Crippen LogP contribution in [-0.4, -0.2) is 6.29 Å². The maximum atomic E-state index is 10.7. The van der Waals surface area contributed by atoms with Crippen molar-refractivity contribution in [3.8, 4) is 0 Å². The monoisotopic (exact) mass is 188 g/mol. The van der Waals surface area contributed by atoms with Crippen LogP contribution >= 0.6 is 0 Å². The van der Waals surface area contributed by atoms with E-state index >= 15 is 0 Å². The topological polar surface area (TPSA) is 17.1 Å². The number of allylic oxidation sites excluding steroid dienone is 9. The fraction of sp³-hybridized carbons (Fsp3) is 0.154. The fourth-order valence-electron chi connectivity index (χ4n) is 0.801. The zero-order valence-electron chi connectivity index (χ0n) is 8.73. The van der Waals surface area contributed by atoms with Crippen LogP contribution in [0.1, 0.15) is 13.8 Å². The number of hydrogen-bond donors (Lipinski definition) is 0. The molecule has 0 radical (unpaired) electrons. The molecule has 0 aromatic heterocycles. The molecule has 0 fully saturated rings. The molecular weight excluding hydrogens is 172 g/mol. The van der Waals surface area contributed by atoms with E-state index in [1.54, 1.807) is 6.08 Å². The SMILES string of the molecule is C=C(/C=C\C=C/C)/C(C=O)=C\C=C/C. The summed E-state index contributed by atoms with van der Waals surface area (Å²) in [7, 11) is 0. The molecule has 14 heavy (non-hydrogen) atoms. The Hall–Kier alpha value is -1.63. The Morgan fingerprint density at radius 2 is 1.71 bits per heavy atom. The summed E-state index contributed by atoms with van der Waals surface area (Å²) in [5.74, 6) is 0. The molecule has 0 aliphatic carbocycles. The molecule has 0 bridgehead atoms. The molecule has 0 aliphatic heterocycles. The van der Waals surface area contributed by atoms with Gasteiger partial charge in [-0.15, -0.1) is 0 Å². The summed E-state index contributed by atoms with van der Waals surface area (Å²) in [6.07, 6.45) is 13.7. The van der Waals surface area contributed by atoms with Crippen molar-refractivity contribution in [2.45, 2.75) is 13.8 Å². The summed E-state index contributed by atoms with van der Waals surface area (Å²) < 4.78 is 0. The average molecular weight is 188 g/mol. The second kappa shape index (κ2) is 7.99. The third kappa shape index (κ3) is 5.09. The lowest BCUT2D eigenvalue weighted by atomic mass is 10.1. The van der Waals surface area contributed by atoms with Crippen LogP contribution in [0.4, 0.5) is 0 Å². The highest BCUT2D eigenvalue weighted by atomic mass is 16.1. The first-order valence-corrected chi connectivity index (χ1v) is 4.53. The first-order chi connectivity index (χ1) is 6.76. The molecule has 74 valence electrons. The Morgan fingerprint density at radius 1 is 1.07 bits per heavy atom. The van der Waals surface area contributed by atoms with Crippen molar-refractivity contribution in [1.82, 2.24) is 0 Å². The first-order valence-electron chi connectivity index (χ1n) is 4.53. The maximum Gasteiger partial charge on any atom is 0.150 e. The van der Waals surface area contributed by atoms with Crippen LogP contribution in [0.25, 0.3) is 0 Å². The number of aldehydes is 1. The summed E-state index contributed by atoms with van der Waals surface area (Å²) in [4.78, 5) is 10.7. The summed E-state index contributed by atoms with van der Waals surface area (Å²) >= 11 is 0. The van der Waals surface area contributed by atoms with Gasteiger partial charge in [0, 0.05) is 5.57 Å². The van der Waals surface area contributed by atoms with Gasteiger partial charge in [0.1, 0.15) is 0 Å². The minimum Gasteiger partial charge on any atom is -0.298 e. The number of carbonyl (C=O) groups is 1. The second-order valence-electron chi connectivity index (χ2n) is 2.68. The Labute approximate surface area is 85.8 Å². The van der Waals surface area contributed by atoms with Crippen LogP contribution in [-0.2, 0) is 4.79 Å². The van der Waals surface area contributed by atoms with Gasteiger partial charge in [-0.2, -0.15) is 0 Å². The standard InChI is InChI=1S/C13H16O/c1-4-6-8-9-12(3)13(11-14)10-7-5-2/h4-11H,3H2,1-2H3/b6-4-,7-5-,9-8-,13-10-. The molecule has 0 unspecified atom stereocenters. The van der Waals surface area contributed by atoms with Gasteiger partial charge < -0.3 is 0 Å². The highest BCUT2D eigenvalue weighted by Gasteiger charge is 1.94. The van der Waals surface area contributed by atoms with E-state index < -0.39 is 0 Å². The second-order valence-corrected chi connectivity index (χ2v) is 2.68. The van der Waals surface area contributed by atoms with Crippen molar-refractivity contribution in [3.05, 3.63) is 60.3 Å². The van der Waals surface area contributed by atoms with E-state index in [0.717, 1.165) is 11.9 Å². The smallest absolute Gasteiger partial charge is 0.150 e. The van der Waals surface area contributed by atoms with Crippen LogP contribution in [0.15, 0.2) is 60.3 Å². The van der Waals surface area contributed by atoms with Crippen molar-refractivity contribution >= 4 is 6.29 Å². The molecule has 0 amide bonds. The van der Waals surface area contributed by atoms with Gasteiger partial charge in [-0.05, 0) is 19.4 Å². The third-order valence-electron chi connectivity index (χ3n) is 1.57. The molecule has 1 nitrogen and oxygen atoms in total. The van der Waals surface area contributed by atoms with Crippen molar-refractivity contribution in [2.24, 2.45) is 0 Å². The minimum absolute atomic E-state index is 0.601. The molecule has 1 heteroatoms. The summed E-state index contributed by atoms with van der Waals surface area (Å²) in [5, 5.41) is 0. The van der Waals surface area contributed by atoms with Crippen LogP contribution < -0.4 is 0 Å². The van der Waals surface area contributed by atoms with Crippen LogP contribution in [0.3, 0.4) is 0 Å². The molecule has 0 saturated carbocycles. The highest BCUT2D eigenvalue weighted by molar-refractivity contribution is 5.81. The molecular formula is C13H16O. The van der Waals surface area contributed by atoms with E-state index in [1.807, 2.05) is 50.3 Å². The van der Waals surface area contributed by atoms with Gasteiger partial charge in [0.25, 0.3) is 0 Å². The van der Waals surface area contributed by atoms with Gasteiger partial charge in [-0.3, -0.25) is 4.79 Å². The van der Waals surface area contributed by atoms with Crippen LogP contribution in [0.2, 0.25) is 0 Å². The Balaban J connectivity index is 4.55. The molecule has 0 atom stereocenters. The first kappa shape index (κ1) is 12.4. The zero-order chi connectivity index (χ0) is 10.8. The predicted octanol–water partition coefficient (Wildman–Crippen LogP) is 3.38. The number of carbonyl (C=O) groups excluding carboxylic acids is 1. The number of hydrogen-bond acceptors (Lipinski definition) is 1. The maximum absolute atomic E-state index is 10.7. The van der Waals surface area contributed by atoms with Gasteiger partial charge in [-0.1, -0.05) is 49.1 Å². The van der Waals surface area contributed by atoms with Crippen LogP contribution in [0, 0.1) is 0 Å². The molecule has 0 aromatic rings. The van der Waals surface area contributed by atoms with E-state index in [-0.39, 0.29) is 0 Å². The van der Waals surface area contributed by atoms with E-state index in [4.69, 9.17) is 0 Å². The van der Waals surface area contributed by atoms with Crippen molar-refractivity contribution in [2.75, 3.05) is 0 Å². The van der Waals surface area contributed by atoms with E-state index in [0.29, 0.717) is 5.57 Å². The average Bonchev–Trinajstić information content (AvgIpc) is 2.19. The summed E-state index contributed by atoms with van der Waals surface area (Å²) in [5.41, 5.74) is 1.32. The molecule has 0 aliphatic rings. The van der Waals surface area contributed by atoms with Crippen LogP contribution in [0.5, 0.6) is 0 Å². The molecule has 0 saturated heterocycles. The lowest BCUT2D eigenvalue weighted by molar-refractivity contribution is -0.104. The van der Waals surface area contributed by atoms with E-state index in [2.05, 4.69) is 6.58 Å². The van der Waals surface area contributed by atoms with Crippen molar-refractivity contribution < 1.29 is 4.79 Å². The number of rotatable bonds is 5. The van der Waals surface area contributed by atoms with Gasteiger partial charge in [0.2, 0.25) is 0 Å². The molecule has 0 rings (SSSR count). The third-order valence-corrected chi connectivity index (χ3v) is 1.57. The largest absolute Gasteiger partial charge is 0.298 e. The van der Waals surface area contributed by atoms with Crippen molar-refractivity contribution in [1.29, 1.82) is 0 Å². The molecule has 0 aromatic carbocycles. The minimum atomic E-state index is 0.601. The van der Waals surface area contributed by atoms with Gasteiger partial charge in [-0.25, -0.2) is 0 Å². The van der Waals surface area contributed by atoms with Gasteiger partial charge in [0.15, 0.2) is 6.29 Å². The Kier molecular flexibility index (Phi) is 7.06. The normalized spacial score (nSPS) is 13.1. The Morgan fingerprint density at radius 3 is 2.21 bits per heavy atom. The molecule has 0 N–H and O–H groups in total. The molecule has 0 heterocycles. The van der Waals surface area contributed by atoms with E-state index in [1.165, 1.54) is 0 Å². The van der Waals surface area contributed by atoms with Gasteiger partial charge in [0.05, 0.1) is 0 Å². The zero-order valence-corrected chi connectivity index (χ0v) is 8.73. The van der Waals surface area contributed by atoms with Crippen molar-refractivity contribution in [3.63, 3.8) is 0 Å². The lowest BCUT2D eigenvalue weighted by Gasteiger charge is -1.95. The highest BCUT2D eigenvalue weighted by Crippen LogP contribution is 2.06. The lowest BCUT2D eigenvalue weighted by Crippen LogP contribution is -1.85. The molecule has 0 spiro atoms. The predicted molar refractivity (Wildman–Crippen MR) is 62.1 cm³/mol. The van der Waals surface area contributed by atoms with E-state index in [9.17, 15) is 4.79 Å². The van der Waals surface area contributed by atoms with Gasteiger partial charge >= 0.3 is 0 Å².